The fourth-order valence-corrected chi connectivity index (χ4v) is 1.40. The van der Waals surface area contributed by atoms with Crippen LogP contribution in [0.5, 0.6) is 0 Å². The molecule has 0 radical (unpaired) electrons. The quantitative estimate of drug-likeness (QED) is 0.625. The van der Waals surface area contributed by atoms with E-state index in [-0.39, 0.29) is 6.42 Å². The molecule has 0 unspecified atom stereocenters. The summed E-state index contributed by atoms with van der Waals surface area (Å²) in [5.74, 6) is -1.46. The third-order valence-electron chi connectivity index (χ3n) is 2.47. The van der Waals surface area contributed by atoms with Crippen molar-refractivity contribution in [3.63, 3.8) is 0 Å². The topological polar surface area (TPSA) is 84.5 Å². The highest BCUT2D eigenvalue weighted by Gasteiger charge is 2.17. The molecule has 0 aliphatic carbocycles. The van der Waals surface area contributed by atoms with Gasteiger partial charge in [0, 0.05) is 12.0 Å². The zero-order chi connectivity index (χ0) is 15.0. The molecular weight excluding hydrogens is 260 g/mol. The zero-order valence-electron chi connectivity index (χ0n) is 11.5. The first-order chi connectivity index (χ1) is 9.54. The van der Waals surface area contributed by atoms with E-state index in [9.17, 15) is 14.4 Å². The minimum Gasteiger partial charge on any atom is -0.452 e. The van der Waals surface area contributed by atoms with E-state index >= 15 is 0 Å². The second kappa shape index (κ2) is 7.93. The average molecular weight is 278 g/mol. The molecule has 20 heavy (non-hydrogen) atoms. The van der Waals surface area contributed by atoms with Crippen LogP contribution in [-0.4, -0.2) is 23.9 Å². The van der Waals surface area contributed by atoms with Crippen molar-refractivity contribution < 1.29 is 19.1 Å². The van der Waals surface area contributed by atoms with Crippen LogP contribution in [0.1, 0.15) is 37.0 Å². The highest BCUT2D eigenvalue weighted by Crippen LogP contribution is 1.98. The summed E-state index contributed by atoms with van der Waals surface area (Å²) in [6.07, 6.45) is -0.0449. The maximum atomic E-state index is 11.7. The molecule has 0 aliphatic rings. The lowest BCUT2D eigenvalue weighted by Crippen LogP contribution is -2.46. The van der Waals surface area contributed by atoms with Crippen LogP contribution < -0.4 is 10.9 Å². The molecule has 0 aliphatic heterocycles. The summed E-state index contributed by atoms with van der Waals surface area (Å²) in [6.45, 7) is 3.28. The third kappa shape index (κ3) is 5.09. The van der Waals surface area contributed by atoms with Gasteiger partial charge in [0.15, 0.2) is 6.10 Å². The highest BCUT2D eigenvalue weighted by molar-refractivity contribution is 5.95. The molecule has 6 nitrogen and oxygen atoms in total. The van der Waals surface area contributed by atoms with E-state index in [1.165, 1.54) is 6.92 Å². The minimum atomic E-state index is -0.954. The van der Waals surface area contributed by atoms with Crippen molar-refractivity contribution in [2.75, 3.05) is 0 Å². The number of benzene rings is 1. The van der Waals surface area contributed by atoms with Gasteiger partial charge in [-0.05, 0) is 25.5 Å². The van der Waals surface area contributed by atoms with E-state index in [1.54, 1.807) is 30.3 Å². The predicted molar refractivity (Wildman–Crippen MR) is 72.5 cm³/mol. The van der Waals surface area contributed by atoms with Crippen molar-refractivity contribution in [1.29, 1.82) is 0 Å². The van der Waals surface area contributed by atoms with Crippen LogP contribution in [0.4, 0.5) is 0 Å². The van der Waals surface area contributed by atoms with E-state index in [0.29, 0.717) is 12.0 Å². The Kier molecular flexibility index (Phi) is 6.22. The van der Waals surface area contributed by atoms with Gasteiger partial charge in [-0.3, -0.25) is 25.2 Å². The summed E-state index contributed by atoms with van der Waals surface area (Å²) < 4.78 is 4.89. The first-order valence-corrected chi connectivity index (χ1v) is 6.39. The Morgan fingerprint density at radius 1 is 1.15 bits per heavy atom. The van der Waals surface area contributed by atoms with Crippen molar-refractivity contribution in [1.82, 2.24) is 10.9 Å². The molecule has 2 amide bonds. The number of carbonyl (C=O) groups is 3. The van der Waals surface area contributed by atoms with Gasteiger partial charge < -0.3 is 4.74 Å². The number of nitrogens with one attached hydrogen (secondary N) is 2. The summed E-state index contributed by atoms with van der Waals surface area (Å²) in [6, 6.07) is 8.45. The fourth-order valence-electron chi connectivity index (χ4n) is 1.40. The smallest absolute Gasteiger partial charge is 0.306 e. The Bertz CT molecular complexity index is 473. The lowest BCUT2D eigenvalue weighted by atomic mass is 10.2. The standard InChI is InChI=1S/C14H18N2O4/c1-3-7-12(17)20-10(2)13(18)15-16-14(19)11-8-5-4-6-9-11/h4-6,8-10H,3,7H2,1-2H3,(H,15,18)(H,16,19)/t10-/m1/s1. The molecule has 108 valence electrons. The Labute approximate surface area is 117 Å². The maximum absolute atomic E-state index is 11.7. The second-order valence-electron chi connectivity index (χ2n) is 4.19. The average Bonchev–Trinajstić information content (AvgIpc) is 2.45. The van der Waals surface area contributed by atoms with E-state index in [0.717, 1.165) is 0 Å². The van der Waals surface area contributed by atoms with Crippen molar-refractivity contribution >= 4 is 17.8 Å². The maximum Gasteiger partial charge on any atom is 0.306 e. The van der Waals surface area contributed by atoms with Crippen LogP contribution in [0, 0.1) is 0 Å². The number of rotatable bonds is 5. The molecule has 1 aromatic rings. The summed E-state index contributed by atoms with van der Waals surface area (Å²) >= 11 is 0. The first kappa shape index (κ1) is 15.7. The molecule has 0 saturated heterocycles. The molecular formula is C14H18N2O4. The monoisotopic (exact) mass is 278 g/mol. The number of ether oxygens (including phenoxy) is 1. The van der Waals surface area contributed by atoms with Gasteiger partial charge in [-0.1, -0.05) is 25.1 Å². The molecule has 0 aromatic heterocycles. The number of hydrogen-bond acceptors (Lipinski definition) is 4. The summed E-state index contributed by atoms with van der Waals surface area (Å²) in [7, 11) is 0. The van der Waals surface area contributed by atoms with Crippen LogP contribution in [0.15, 0.2) is 30.3 Å². The van der Waals surface area contributed by atoms with E-state index in [4.69, 9.17) is 4.74 Å². The van der Waals surface area contributed by atoms with Crippen molar-refractivity contribution in [2.24, 2.45) is 0 Å². The third-order valence-corrected chi connectivity index (χ3v) is 2.47. The molecule has 0 saturated carbocycles. The van der Waals surface area contributed by atoms with E-state index in [2.05, 4.69) is 10.9 Å². The summed E-state index contributed by atoms with van der Waals surface area (Å²) in [4.78, 5) is 34.5. The van der Waals surface area contributed by atoms with Gasteiger partial charge in [0.1, 0.15) is 0 Å². The molecule has 0 fully saturated rings. The number of hydrazine groups is 1. The van der Waals surface area contributed by atoms with Crippen LogP contribution in [0.2, 0.25) is 0 Å². The van der Waals surface area contributed by atoms with Gasteiger partial charge in [0.25, 0.3) is 11.8 Å². The molecule has 1 aromatic carbocycles. The van der Waals surface area contributed by atoms with Crippen molar-refractivity contribution in [3.8, 4) is 0 Å². The Morgan fingerprint density at radius 2 is 1.80 bits per heavy atom. The van der Waals surface area contributed by atoms with Crippen molar-refractivity contribution in [2.45, 2.75) is 32.8 Å². The van der Waals surface area contributed by atoms with Gasteiger partial charge in [0.2, 0.25) is 0 Å². The fraction of sp³-hybridized carbons (Fsp3) is 0.357. The lowest BCUT2D eigenvalue weighted by molar-refractivity contribution is -0.155. The van der Waals surface area contributed by atoms with E-state index in [1.807, 2.05) is 6.92 Å². The SMILES string of the molecule is CCCC(=O)O[C@H](C)C(=O)NNC(=O)c1ccccc1. The molecule has 0 heterocycles. The van der Waals surface area contributed by atoms with Crippen LogP contribution >= 0.6 is 0 Å². The summed E-state index contributed by atoms with van der Waals surface area (Å²) in [5.41, 5.74) is 4.89. The molecule has 1 atom stereocenters. The van der Waals surface area contributed by atoms with E-state index < -0.39 is 23.9 Å². The minimum absolute atomic E-state index is 0.258. The van der Waals surface area contributed by atoms with Crippen LogP contribution in [0.25, 0.3) is 0 Å². The second-order valence-corrected chi connectivity index (χ2v) is 4.19. The van der Waals surface area contributed by atoms with Crippen LogP contribution in [0.3, 0.4) is 0 Å². The Morgan fingerprint density at radius 3 is 2.40 bits per heavy atom. The molecule has 6 heteroatoms. The Hall–Kier alpha value is -2.37. The molecule has 2 N–H and O–H groups in total. The first-order valence-electron chi connectivity index (χ1n) is 6.39. The van der Waals surface area contributed by atoms with Gasteiger partial charge >= 0.3 is 5.97 Å². The Balaban J connectivity index is 2.39. The van der Waals surface area contributed by atoms with Gasteiger partial charge in [-0.25, -0.2) is 0 Å². The number of hydrogen-bond donors (Lipinski definition) is 2. The molecule has 0 spiro atoms. The number of esters is 1. The number of carbonyl (C=O) groups excluding carboxylic acids is 3. The zero-order valence-corrected chi connectivity index (χ0v) is 11.5. The molecule has 0 bridgehead atoms. The highest BCUT2D eigenvalue weighted by atomic mass is 16.5. The normalized spacial score (nSPS) is 11.3. The van der Waals surface area contributed by atoms with Gasteiger partial charge in [-0.2, -0.15) is 0 Å². The lowest BCUT2D eigenvalue weighted by Gasteiger charge is -2.13. The largest absolute Gasteiger partial charge is 0.452 e. The summed E-state index contributed by atoms with van der Waals surface area (Å²) in [5, 5.41) is 0. The predicted octanol–water partition coefficient (Wildman–Crippen LogP) is 1.18. The van der Waals surface area contributed by atoms with Crippen LogP contribution in [-0.2, 0) is 14.3 Å². The van der Waals surface area contributed by atoms with Gasteiger partial charge in [-0.15, -0.1) is 0 Å². The van der Waals surface area contributed by atoms with Crippen molar-refractivity contribution in [3.05, 3.63) is 35.9 Å². The molecule has 1 rings (SSSR count). The number of amides is 2. The van der Waals surface area contributed by atoms with Gasteiger partial charge in [0.05, 0.1) is 0 Å².